The molecule has 0 aliphatic carbocycles. The van der Waals surface area contributed by atoms with E-state index < -0.39 is 0 Å². The van der Waals surface area contributed by atoms with Crippen LogP contribution in [-0.2, 0) is 10.8 Å². The summed E-state index contributed by atoms with van der Waals surface area (Å²) < 4.78 is 6.85. The van der Waals surface area contributed by atoms with E-state index in [2.05, 4.69) is 192 Å². The van der Waals surface area contributed by atoms with Crippen molar-refractivity contribution in [1.82, 2.24) is 0 Å². The maximum atomic E-state index is 6.85. The van der Waals surface area contributed by atoms with E-state index in [9.17, 15) is 0 Å². The Kier molecular flexibility index (Phi) is 6.96. The van der Waals surface area contributed by atoms with Crippen LogP contribution in [0.1, 0.15) is 58.2 Å². The van der Waals surface area contributed by atoms with Gasteiger partial charge in [0.15, 0.2) is 0 Å². The Morgan fingerprint density at radius 3 is 1.80 bits per heavy atom. The van der Waals surface area contributed by atoms with E-state index in [4.69, 9.17) is 4.42 Å². The standard InChI is InChI=1S/C47H43BN2O/c1-30-27-38-43-37-15-11-12-16-42(37)51-45(43)48-39-29-36(25-26-40(39)50(41(28-30)44(38)48)33-13-9-8-10-14-33)49(34-21-17-31(18-22-34)46(2,3)4)35-23-19-32(20-24-35)47(5,6)7/h8-29H,1-7H3. The number of fused-ring (bicyclic) bond motifs is 7. The number of benzene rings is 6. The Labute approximate surface area is 302 Å². The first kappa shape index (κ1) is 31.5. The Hall–Kier alpha value is -5.48. The van der Waals surface area contributed by atoms with Crippen molar-refractivity contribution in [1.29, 1.82) is 0 Å². The molecule has 0 amide bonds. The van der Waals surface area contributed by atoms with Crippen LogP contribution in [0.4, 0.5) is 34.1 Å². The molecule has 0 unspecified atom stereocenters. The van der Waals surface area contributed by atoms with Crippen molar-refractivity contribution in [2.75, 3.05) is 9.80 Å². The molecule has 0 saturated heterocycles. The number of hydrogen-bond acceptors (Lipinski definition) is 3. The molecule has 7 aromatic rings. The monoisotopic (exact) mass is 662 g/mol. The van der Waals surface area contributed by atoms with Crippen LogP contribution in [0.5, 0.6) is 0 Å². The zero-order chi connectivity index (χ0) is 35.2. The molecular weight excluding hydrogens is 619 g/mol. The largest absolute Gasteiger partial charge is 0.470 e. The molecule has 0 radical (unpaired) electrons. The molecule has 0 bridgehead atoms. The first-order chi connectivity index (χ1) is 24.5. The number of furan rings is 1. The third-order valence-corrected chi connectivity index (χ3v) is 10.8. The highest BCUT2D eigenvalue weighted by Crippen LogP contribution is 2.45. The summed E-state index contributed by atoms with van der Waals surface area (Å²) in [5.74, 6) is 0. The lowest BCUT2D eigenvalue weighted by molar-refractivity contribution is 0.590. The maximum absolute atomic E-state index is 6.85. The Bertz CT molecular complexity index is 2390. The molecule has 1 aromatic heterocycles. The van der Waals surface area contributed by atoms with Crippen molar-refractivity contribution in [3.05, 3.63) is 150 Å². The van der Waals surface area contributed by atoms with Gasteiger partial charge >= 0.3 is 0 Å². The maximum Gasteiger partial charge on any atom is 0.293 e. The minimum absolute atomic E-state index is 0.0266. The summed E-state index contributed by atoms with van der Waals surface area (Å²) in [4.78, 5) is 4.86. The normalized spacial score (nSPS) is 13.3. The van der Waals surface area contributed by atoms with Gasteiger partial charge in [-0.3, -0.25) is 0 Å². The van der Waals surface area contributed by atoms with Crippen LogP contribution >= 0.6 is 0 Å². The summed E-state index contributed by atoms with van der Waals surface area (Å²) in [6.07, 6.45) is 0. The molecule has 0 atom stereocenters. The number of nitrogens with zero attached hydrogens (tertiary/aromatic N) is 2. The minimum Gasteiger partial charge on any atom is -0.470 e. The molecule has 4 heteroatoms. The molecule has 3 nitrogen and oxygen atoms in total. The third kappa shape index (κ3) is 5.03. The van der Waals surface area contributed by atoms with Crippen LogP contribution < -0.4 is 26.4 Å². The van der Waals surface area contributed by atoms with Gasteiger partial charge in [-0.15, -0.1) is 0 Å². The fourth-order valence-corrected chi connectivity index (χ4v) is 8.22. The molecule has 0 saturated carbocycles. The summed E-state index contributed by atoms with van der Waals surface area (Å²) in [7, 11) is 0. The second kappa shape index (κ2) is 11.3. The van der Waals surface area contributed by atoms with Crippen LogP contribution in [0.3, 0.4) is 0 Å². The van der Waals surface area contributed by atoms with Gasteiger partial charge in [0.05, 0.1) is 5.66 Å². The lowest BCUT2D eigenvalue weighted by Gasteiger charge is -2.37. The number of hydrogen-bond donors (Lipinski definition) is 0. The lowest BCUT2D eigenvalue weighted by Crippen LogP contribution is -2.54. The minimum atomic E-state index is -0.0266. The van der Waals surface area contributed by atoms with E-state index in [1.807, 2.05) is 0 Å². The van der Waals surface area contributed by atoms with Gasteiger partial charge in [0.2, 0.25) is 0 Å². The fraction of sp³-hybridized carbons (Fsp3) is 0.191. The summed E-state index contributed by atoms with van der Waals surface area (Å²) in [6, 6.07) is 49.3. The molecule has 3 heterocycles. The highest BCUT2D eigenvalue weighted by molar-refractivity contribution is 7.01. The predicted octanol–water partition coefficient (Wildman–Crippen LogP) is 11.1. The van der Waals surface area contributed by atoms with Crippen LogP contribution in [0.25, 0.3) is 22.1 Å². The molecule has 0 spiro atoms. The predicted molar refractivity (Wildman–Crippen MR) is 218 cm³/mol. The molecule has 6 aromatic carbocycles. The van der Waals surface area contributed by atoms with Crippen LogP contribution in [-0.4, -0.2) is 6.71 Å². The van der Waals surface area contributed by atoms with Crippen LogP contribution in [0, 0.1) is 6.92 Å². The first-order valence-corrected chi connectivity index (χ1v) is 18.1. The summed E-state index contributed by atoms with van der Waals surface area (Å²) in [5, 5.41) is 1.18. The van der Waals surface area contributed by atoms with E-state index in [1.165, 1.54) is 55.5 Å². The van der Waals surface area contributed by atoms with E-state index >= 15 is 0 Å². The van der Waals surface area contributed by atoms with E-state index in [-0.39, 0.29) is 17.5 Å². The van der Waals surface area contributed by atoms with Crippen LogP contribution in [0.15, 0.2) is 138 Å². The quantitative estimate of drug-likeness (QED) is 0.175. The average Bonchev–Trinajstić information content (AvgIpc) is 3.64. The second-order valence-corrected chi connectivity index (χ2v) is 16.4. The van der Waals surface area contributed by atoms with Gasteiger partial charge in [0.1, 0.15) is 5.58 Å². The first-order valence-electron chi connectivity index (χ1n) is 18.1. The number of anilines is 6. The average molecular weight is 663 g/mol. The van der Waals surface area contributed by atoms with Gasteiger partial charge in [-0.05, 0) is 118 Å². The van der Waals surface area contributed by atoms with Crippen molar-refractivity contribution < 1.29 is 4.42 Å². The molecule has 0 fully saturated rings. The van der Waals surface area contributed by atoms with Gasteiger partial charge in [-0.25, -0.2) is 0 Å². The van der Waals surface area contributed by atoms with Crippen molar-refractivity contribution in [3.8, 4) is 11.1 Å². The van der Waals surface area contributed by atoms with Gasteiger partial charge in [0.25, 0.3) is 6.71 Å². The fourth-order valence-electron chi connectivity index (χ4n) is 8.22. The Balaban J connectivity index is 1.29. The van der Waals surface area contributed by atoms with Crippen molar-refractivity contribution in [2.24, 2.45) is 0 Å². The van der Waals surface area contributed by atoms with Gasteiger partial charge in [-0.2, -0.15) is 0 Å². The SMILES string of the molecule is Cc1cc2c3c(c1)N(c1ccccc1)c1ccc(N(c4ccc(C(C)(C)C)cc4)c4ccc(C(C)(C)C)cc4)cc1B3c1oc3ccccc3c1-2. The Morgan fingerprint density at radius 1 is 0.588 bits per heavy atom. The van der Waals surface area contributed by atoms with E-state index in [0.717, 1.165) is 34.0 Å². The molecule has 0 N–H and O–H groups in total. The van der Waals surface area contributed by atoms with Crippen molar-refractivity contribution >= 4 is 68.4 Å². The lowest BCUT2D eigenvalue weighted by atomic mass is 9.39. The molecular formula is C47H43BN2O. The molecule has 2 aliphatic heterocycles. The highest BCUT2D eigenvalue weighted by Gasteiger charge is 2.46. The molecule has 250 valence electrons. The number of rotatable bonds is 4. The summed E-state index contributed by atoms with van der Waals surface area (Å²) in [5.41, 5.74) is 18.0. The van der Waals surface area contributed by atoms with Crippen LogP contribution in [0.2, 0.25) is 0 Å². The molecule has 9 rings (SSSR count). The van der Waals surface area contributed by atoms with Gasteiger partial charge in [-0.1, -0.05) is 108 Å². The zero-order valence-corrected chi connectivity index (χ0v) is 30.6. The highest BCUT2D eigenvalue weighted by atomic mass is 16.3. The van der Waals surface area contributed by atoms with Gasteiger partial charge < -0.3 is 14.2 Å². The zero-order valence-electron chi connectivity index (χ0n) is 30.6. The second-order valence-electron chi connectivity index (χ2n) is 16.4. The summed E-state index contributed by atoms with van der Waals surface area (Å²) in [6.45, 7) is 15.8. The van der Waals surface area contributed by atoms with E-state index in [1.54, 1.807) is 0 Å². The molecule has 51 heavy (non-hydrogen) atoms. The van der Waals surface area contributed by atoms with E-state index in [0.29, 0.717) is 0 Å². The smallest absolute Gasteiger partial charge is 0.293 e. The van der Waals surface area contributed by atoms with Crippen molar-refractivity contribution in [3.63, 3.8) is 0 Å². The number of para-hydroxylation sites is 2. The number of aryl methyl sites for hydroxylation is 1. The van der Waals surface area contributed by atoms with Crippen molar-refractivity contribution in [2.45, 2.75) is 59.3 Å². The topological polar surface area (TPSA) is 19.6 Å². The molecule has 2 aliphatic rings. The van der Waals surface area contributed by atoms with Gasteiger partial charge in [0, 0.05) is 45.1 Å². The summed E-state index contributed by atoms with van der Waals surface area (Å²) >= 11 is 0. The Morgan fingerprint density at radius 2 is 1.18 bits per heavy atom. The third-order valence-electron chi connectivity index (χ3n) is 10.8.